The molecule has 0 saturated heterocycles. The molecule has 0 saturated carbocycles. The summed E-state index contributed by atoms with van der Waals surface area (Å²) in [5.74, 6) is 0. The average Bonchev–Trinajstić information content (AvgIpc) is 3.25. The van der Waals surface area contributed by atoms with Gasteiger partial charge in [0.15, 0.2) is 0 Å². The van der Waals surface area contributed by atoms with Crippen LogP contribution in [0.3, 0.4) is 0 Å². The van der Waals surface area contributed by atoms with Crippen molar-refractivity contribution in [3.05, 3.63) is 81.9 Å². The SMILES string of the molecule is CCCc1ccc(C)c2[cH-]c(C)cc12.CCCc1ccc(C)c2[cH-]c(C)cc12.[Zr+2]. The smallest absolute Gasteiger partial charge is 0.165 e. The van der Waals surface area contributed by atoms with Gasteiger partial charge in [-0.1, -0.05) is 77.6 Å². The molecule has 0 fully saturated rings. The number of hydrogen-bond donors (Lipinski definition) is 0. The van der Waals surface area contributed by atoms with E-state index < -0.39 is 0 Å². The average molecular weight is 462 g/mol. The molecule has 0 aliphatic heterocycles. The van der Waals surface area contributed by atoms with E-state index in [1.54, 1.807) is 0 Å². The van der Waals surface area contributed by atoms with Crippen molar-refractivity contribution in [2.24, 2.45) is 0 Å². The Morgan fingerprint density at radius 3 is 1.34 bits per heavy atom. The van der Waals surface area contributed by atoms with Gasteiger partial charge in [-0.25, -0.2) is 0 Å². The summed E-state index contributed by atoms with van der Waals surface area (Å²) >= 11 is 0. The Morgan fingerprint density at radius 2 is 1.00 bits per heavy atom. The first-order valence-corrected chi connectivity index (χ1v) is 10.8. The minimum atomic E-state index is 0. The summed E-state index contributed by atoms with van der Waals surface area (Å²) in [5.41, 5.74) is 8.56. The molecule has 150 valence electrons. The molecule has 4 aromatic rings. The maximum Gasteiger partial charge on any atom is 2.00 e. The summed E-state index contributed by atoms with van der Waals surface area (Å²) in [5, 5.41) is 5.80. The Morgan fingerprint density at radius 1 is 0.621 bits per heavy atom. The third-order valence-corrected chi connectivity index (χ3v) is 5.72. The minimum Gasteiger partial charge on any atom is -0.165 e. The molecule has 0 N–H and O–H groups in total. The molecular formula is C28H34Zr. The van der Waals surface area contributed by atoms with Crippen molar-refractivity contribution >= 4 is 21.5 Å². The summed E-state index contributed by atoms with van der Waals surface area (Å²) in [4.78, 5) is 0. The zero-order chi connectivity index (χ0) is 20.3. The predicted molar refractivity (Wildman–Crippen MR) is 126 cm³/mol. The summed E-state index contributed by atoms with van der Waals surface area (Å²) in [6, 6.07) is 18.3. The molecule has 29 heavy (non-hydrogen) atoms. The van der Waals surface area contributed by atoms with Gasteiger partial charge >= 0.3 is 26.2 Å². The van der Waals surface area contributed by atoms with Crippen LogP contribution in [-0.4, -0.2) is 0 Å². The van der Waals surface area contributed by atoms with Gasteiger partial charge in [-0.05, 0) is 12.8 Å². The summed E-state index contributed by atoms with van der Waals surface area (Å²) in [6.45, 7) is 13.2. The summed E-state index contributed by atoms with van der Waals surface area (Å²) in [7, 11) is 0. The second kappa shape index (κ2) is 10.5. The maximum absolute atomic E-state index is 2.31. The van der Waals surface area contributed by atoms with Gasteiger partial charge < -0.3 is 0 Å². The van der Waals surface area contributed by atoms with Crippen LogP contribution in [0.5, 0.6) is 0 Å². The van der Waals surface area contributed by atoms with Crippen molar-refractivity contribution in [3.63, 3.8) is 0 Å². The van der Waals surface area contributed by atoms with Crippen LogP contribution in [0.4, 0.5) is 0 Å². The van der Waals surface area contributed by atoms with Crippen molar-refractivity contribution < 1.29 is 26.2 Å². The van der Waals surface area contributed by atoms with Gasteiger partial charge in [-0.2, -0.15) is 12.1 Å². The van der Waals surface area contributed by atoms with Gasteiger partial charge in [-0.3, -0.25) is 0 Å². The number of fused-ring (bicyclic) bond motifs is 2. The van der Waals surface area contributed by atoms with E-state index in [0.717, 1.165) is 0 Å². The van der Waals surface area contributed by atoms with Crippen LogP contribution in [0.1, 0.15) is 60.1 Å². The van der Waals surface area contributed by atoms with Gasteiger partial charge in [0.2, 0.25) is 0 Å². The molecule has 0 aliphatic carbocycles. The minimum absolute atomic E-state index is 0. The molecule has 0 atom stereocenters. The molecule has 0 spiro atoms. The fraction of sp³-hybridized carbons (Fsp3) is 0.357. The van der Waals surface area contributed by atoms with E-state index in [0.29, 0.717) is 0 Å². The van der Waals surface area contributed by atoms with Crippen LogP contribution in [-0.2, 0) is 39.0 Å². The molecule has 0 nitrogen and oxygen atoms in total. The third-order valence-electron chi connectivity index (χ3n) is 5.72. The first-order chi connectivity index (χ1) is 13.4. The van der Waals surface area contributed by atoms with Crippen molar-refractivity contribution in [1.82, 2.24) is 0 Å². The van der Waals surface area contributed by atoms with Gasteiger partial charge in [0.1, 0.15) is 0 Å². The first kappa shape index (κ1) is 23.8. The zero-order valence-electron chi connectivity index (χ0n) is 18.9. The second-order valence-corrected chi connectivity index (χ2v) is 8.30. The normalized spacial score (nSPS) is 10.7. The molecular weight excluding hydrogens is 428 g/mol. The van der Waals surface area contributed by atoms with Gasteiger partial charge in [0.25, 0.3) is 0 Å². The molecule has 1 heteroatoms. The Bertz CT molecular complexity index is 987. The van der Waals surface area contributed by atoms with E-state index in [4.69, 9.17) is 0 Å². The largest absolute Gasteiger partial charge is 2.00 e. The Balaban J connectivity index is 0.000000200. The fourth-order valence-corrected chi connectivity index (χ4v) is 4.27. The third kappa shape index (κ3) is 5.37. The van der Waals surface area contributed by atoms with E-state index in [-0.39, 0.29) is 26.2 Å². The van der Waals surface area contributed by atoms with E-state index in [2.05, 4.69) is 90.1 Å². The van der Waals surface area contributed by atoms with Crippen LogP contribution in [0.15, 0.2) is 48.5 Å². The quantitative estimate of drug-likeness (QED) is 0.268. The molecule has 4 aromatic carbocycles. The van der Waals surface area contributed by atoms with Crippen LogP contribution < -0.4 is 0 Å². The van der Waals surface area contributed by atoms with E-state index in [9.17, 15) is 0 Å². The first-order valence-electron chi connectivity index (χ1n) is 10.8. The molecule has 0 unspecified atom stereocenters. The van der Waals surface area contributed by atoms with Crippen molar-refractivity contribution in [3.8, 4) is 0 Å². The van der Waals surface area contributed by atoms with E-state index in [1.807, 2.05) is 0 Å². The Kier molecular flexibility index (Phi) is 8.65. The van der Waals surface area contributed by atoms with Crippen LogP contribution in [0.25, 0.3) is 21.5 Å². The fourth-order valence-electron chi connectivity index (χ4n) is 4.27. The molecule has 0 radical (unpaired) electrons. The zero-order valence-corrected chi connectivity index (χ0v) is 21.4. The molecule has 0 amide bonds. The number of aryl methyl sites for hydroxylation is 6. The summed E-state index contributed by atoms with van der Waals surface area (Å²) in [6.07, 6.45) is 4.84. The number of benzene rings is 2. The van der Waals surface area contributed by atoms with E-state index >= 15 is 0 Å². The Hall–Kier alpha value is -1.46. The van der Waals surface area contributed by atoms with Gasteiger partial charge in [0, 0.05) is 0 Å². The predicted octanol–water partition coefficient (Wildman–Crippen LogP) is 8.25. The number of hydrogen-bond acceptors (Lipinski definition) is 0. The topological polar surface area (TPSA) is 0 Å². The second-order valence-electron chi connectivity index (χ2n) is 8.30. The standard InChI is InChI=1S/2C14H17.Zr/c2*1-4-5-12-7-6-11(3)13-8-10(2)9-14(12)13;/h2*6-9H,4-5H2,1-3H3;/q2*-1;+2. The van der Waals surface area contributed by atoms with Gasteiger partial charge in [-0.15, -0.1) is 68.1 Å². The molecule has 0 aliphatic rings. The number of rotatable bonds is 4. The molecule has 4 rings (SSSR count). The molecule has 0 bridgehead atoms. The van der Waals surface area contributed by atoms with Crippen LogP contribution >= 0.6 is 0 Å². The van der Waals surface area contributed by atoms with Gasteiger partial charge in [0.05, 0.1) is 0 Å². The van der Waals surface area contributed by atoms with Crippen molar-refractivity contribution in [1.29, 1.82) is 0 Å². The van der Waals surface area contributed by atoms with E-state index in [1.165, 1.54) is 80.6 Å². The van der Waals surface area contributed by atoms with Crippen molar-refractivity contribution in [2.45, 2.75) is 67.2 Å². The maximum atomic E-state index is 2.31. The summed E-state index contributed by atoms with van der Waals surface area (Å²) < 4.78 is 0. The monoisotopic (exact) mass is 460 g/mol. The Labute approximate surface area is 196 Å². The van der Waals surface area contributed by atoms with Crippen LogP contribution in [0.2, 0.25) is 0 Å². The van der Waals surface area contributed by atoms with Crippen molar-refractivity contribution in [2.75, 3.05) is 0 Å². The molecule has 0 aromatic heterocycles. The molecule has 0 heterocycles. The van der Waals surface area contributed by atoms with Crippen LogP contribution in [0, 0.1) is 27.7 Å².